The van der Waals surface area contributed by atoms with E-state index in [2.05, 4.69) is 30.2 Å². The molecule has 3 aromatic rings. The molecule has 140 valence electrons. The molecule has 0 N–H and O–H groups in total. The van der Waals surface area contributed by atoms with Gasteiger partial charge in [-0.25, -0.2) is 4.63 Å². The van der Waals surface area contributed by atoms with E-state index in [4.69, 9.17) is 9.37 Å². The molecule has 0 aliphatic heterocycles. The summed E-state index contributed by atoms with van der Waals surface area (Å²) in [6, 6.07) is 11.9. The quantitative estimate of drug-likeness (QED) is 0.526. The van der Waals surface area contributed by atoms with Crippen LogP contribution in [0, 0.1) is 11.8 Å². The molecule has 0 amide bonds. The molecule has 0 radical (unpaired) electrons. The van der Waals surface area contributed by atoms with E-state index in [1.54, 1.807) is 0 Å². The molecule has 5 nitrogen and oxygen atoms in total. The summed E-state index contributed by atoms with van der Waals surface area (Å²) < 4.78 is 10.9. The molecule has 1 heterocycles. The SMILES string of the molecule is CC(C)CC(C=O)c1ccc(OCC2CC2)c(-c2ccc3nonc3c2)c1. The van der Waals surface area contributed by atoms with Crippen LogP contribution in [-0.4, -0.2) is 23.2 Å². The van der Waals surface area contributed by atoms with Gasteiger partial charge in [0, 0.05) is 11.5 Å². The summed E-state index contributed by atoms with van der Waals surface area (Å²) in [7, 11) is 0. The van der Waals surface area contributed by atoms with Crippen LogP contribution < -0.4 is 4.74 Å². The Labute approximate surface area is 158 Å². The van der Waals surface area contributed by atoms with Gasteiger partial charge in [0.05, 0.1) is 6.61 Å². The summed E-state index contributed by atoms with van der Waals surface area (Å²) in [5.41, 5.74) is 4.42. The Kier molecular flexibility index (Phi) is 4.92. The van der Waals surface area contributed by atoms with Gasteiger partial charge >= 0.3 is 0 Å². The molecule has 0 bridgehead atoms. The van der Waals surface area contributed by atoms with Crippen molar-refractivity contribution in [2.45, 2.75) is 39.0 Å². The minimum Gasteiger partial charge on any atom is -0.493 e. The summed E-state index contributed by atoms with van der Waals surface area (Å²) in [6.45, 7) is 5.01. The first-order valence-corrected chi connectivity index (χ1v) is 9.58. The molecule has 1 aliphatic rings. The molecule has 5 heteroatoms. The van der Waals surface area contributed by atoms with Gasteiger partial charge < -0.3 is 9.53 Å². The van der Waals surface area contributed by atoms with Crippen LogP contribution >= 0.6 is 0 Å². The van der Waals surface area contributed by atoms with E-state index in [9.17, 15) is 4.79 Å². The Hall–Kier alpha value is -2.69. The lowest BCUT2D eigenvalue weighted by Crippen LogP contribution is -2.06. The minimum absolute atomic E-state index is 0.112. The number of aromatic nitrogens is 2. The summed E-state index contributed by atoms with van der Waals surface area (Å²) in [4.78, 5) is 11.7. The highest BCUT2D eigenvalue weighted by molar-refractivity contribution is 5.83. The number of carbonyl (C=O) groups excluding carboxylic acids is 1. The van der Waals surface area contributed by atoms with Crippen molar-refractivity contribution in [3.8, 4) is 16.9 Å². The third-order valence-electron chi connectivity index (χ3n) is 5.06. The van der Waals surface area contributed by atoms with E-state index in [0.29, 0.717) is 17.4 Å². The average Bonchev–Trinajstić information content (AvgIpc) is 3.38. The number of fused-ring (bicyclic) bond motifs is 1. The van der Waals surface area contributed by atoms with Crippen molar-refractivity contribution in [1.82, 2.24) is 10.3 Å². The van der Waals surface area contributed by atoms with Crippen LogP contribution in [0.4, 0.5) is 0 Å². The van der Waals surface area contributed by atoms with Crippen LogP contribution in [0.2, 0.25) is 0 Å². The second-order valence-corrected chi connectivity index (χ2v) is 7.85. The molecule has 1 aliphatic carbocycles. The largest absolute Gasteiger partial charge is 0.493 e. The van der Waals surface area contributed by atoms with Crippen molar-refractivity contribution in [3.05, 3.63) is 42.0 Å². The van der Waals surface area contributed by atoms with Crippen molar-refractivity contribution in [1.29, 1.82) is 0 Å². The van der Waals surface area contributed by atoms with Crippen LogP contribution in [-0.2, 0) is 4.79 Å². The second-order valence-electron chi connectivity index (χ2n) is 7.85. The smallest absolute Gasteiger partial charge is 0.135 e. The van der Waals surface area contributed by atoms with Crippen molar-refractivity contribution in [3.63, 3.8) is 0 Å². The number of aldehydes is 1. The van der Waals surface area contributed by atoms with E-state index < -0.39 is 0 Å². The Morgan fingerprint density at radius 1 is 1.15 bits per heavy atom. The first-order chi connectivity index (χ1) is 13.1. The third-order valence-corrected chi connectivity index (χ3v) is 5.06. The van der Waals surface area contributed by atoms with Gasteiger partial charge in [0.25, 0.3) is 0 Å². The van der Waals surface area contributed by atoms with Crippen molar-refractivity contribution in [2.75, 3.05) is 6.61 Å². The lowest BCUT2D eigenvalue weighted by molar-refractivity contribution is -0.109. The summed E-state index contributed by atoms with van der Waals surface area (Å²) in [5.74, 6) is 1.85. The highest BCUT2D eigenvalue weighted by Crippen LogP contribution is 2.37. The highest BCUT2D eigenvalue weighted by atomic mass is 16.6. The number of hydrogen-bond donors (Lipinski definition) is 0. The van der Waals surface area contributed by atoms with Crippen molar-refractivity contribution < 1.29 is 14.2 Å². The van der Waals surface area contributed by atoms with Gasteiger partial charge in [-0.15, -0.1) is 0 Å². The van der Waals surface area contributed by atoms with Gasteiger partial charge in [-0.2, -0.15) is 0 Å². The van der Waals surface area contributed by atoms with E-state index in [0.717, 1.165) is 47.3 Å². The average molecular weight is 364 g/mol. The van der Waals surface area contributed by atoms with Crippen LogP contribution in [0.25, 0.3) is 22.2 Å². The van der Waals surface area contributed by atoms with E-state index in [-0.39, 0.29) is 5.92 Å². The van der Waals surface area contributed by atoms with Crippen LogP contribution in [0.3, 0.4) is 0 Å². The summed E-state index contributed by atoms with van der Waals surface area (Å²) in [5, 5.41) is 7.82. The van der Waals surface area contributed by atoms with Gasteiger partial charge in [-0.3, -0.25) is 0 Å². The zero-order chi connectivity index (χ0) is 18.8. The van der Waals surface area contributed by atoms with E-state index in [1.807, 2.05) is 30.3 Å². The fraction of sp³-hybridized carbons (Fsp3) is 0.409. The first kappa shape index (κ1) is 17.7. The predicted molar refractivity (Wildman–Crippen MR) is 104 cm³/mol. The zero-order valence-corrected chi connectivity index (χ0v) is 15.7. The molecule has 0 spiro atoms. The standard InChI is InChI=1S/C22H24N2O3/c1-14(2)9-18(12-25)16-6-8-22(26-13-15-3-4-15)19(10-16)17-5-7-20-21(11-17)24-27-23-20/h5-8,10-12,14-15,18H,3-4,9,13H2,1-2H3. The second kappa shape index (κ2) is 7.51. The summed E-state index contributed by atoms with van der Waals surface area (Å²) >= 11 is 0. The molecule has 1 fully saturated rings. The molecule has 1 saturated carbocycles. The Morgan fingerprint density at radius 3 is 2.70 bits per heavy atom. The van der Waals surface area contributed by atoms with Gasteiger partial charge in [-0.05, 0) is 76.8 Å². The molecular weight excluding hydrogens is 340 g/mol. The number of rotatable bonds is 8. The molecule has 4 rings (SSSR count). The molecular formula is C22H24N2O3. The molecule has 2 aromatic carbocycles. The van der Waals surface area contributed by atoms with Crippen LogP contribution in [0.5, 0.6) is 5.75 Å². The lowest BCUT2D eigenvalue weighted by atomic mass is 9.89. The van der Waals surface area contributed by atoms with Gasteiger partial charge in [-0.1, -0.05) is 26.0 Å². The third kappa shape index (κ3) is 4.02. The fourth-order valence-electron chi connectivity index (χ4n) is 3.35. The molecule has 1 atom stereocenters. The maximum Gasteiger partial charge on any atom is 0.135 e. The summed E-state index contributed by atoms with van der Waals surface area (Å²) in [6.07, 6.45) is 4.36. The molecule has 0 saturated heterocycles. The lowest BCUT2D eigenvalue weighted by Gasteiger charge is -2.17. The topological polar surface area (TPSA) is 65.2 Å². The maximum atomic E-state index is 11.7. The number of carbonyl (C=O) groups is 1. The molecule has 1 unspecified atom stereocenters. The Balaban J connectivity index is 1.73. The van der Waals surface area contributed by atoms with Crippen molar-refractivity contribution >= 4 is 17.3 Å². The Morgan fingerprint density at radius 2 is 1.96 bits per heavy atom. The van der Waals surface area contributed by atoms with Crippen LogP contribution in [0.15, 0.2) is 41.0 Å². The first-order valence-electron chi connectivity index (χ1n) is 9.58. The van der Waals surface area contributed by atoms with Crippen LogP contribution in [0.1, 0.15) is 44.6 Å². The van der Waals surface area contributed by atoms with Gasteiger partial charge in [0.1, 0.15) is 23.1 Å². The predicted octanol–water partition coefficient (Wildman–Crippen LogP) is 5.01. The van der Waals surface area contributed by atoms with E-state index in [1.165, 1.54) is 12.8 Å². The number of hydrogen-bond acceptors (Lipinski definition) is 5. The van der Waals surface area contributed by atoms with Crippen molar-refractivity contribution in [2.24, 2.45) is 11.8 Å². The number of benzene rings is 2. The highest BCUT2D eigenvalue weighted by Gasteiger charge is 2.23. The number of nitrogens with zero attached hydrogens (tertiary/aromatic N) is 2. The zero-order valence-electron chi connectivity index (χ0n) is 15.7. The fourth-order valence-corrected chi connectivity index (χ4v) is 3.35. The Bertz CT molecular complexity index is 944. The normalized spacial score (nSPS) is 15.2. The van der Waals surface area contributed by atoms with Gasteiger partial charge in [0.15, 0.2) is 0 Å². The van der Waals surface area contributed by atoms with Gasteiger partial charge in [0.2, 0.25) is 0 Å². The monoisotopic (exact) mass is 364 g/mol. The molecule has 27 heavy (non-hydrogen) atoms. The maximum absolute atomic E-state index is 11.7. The number of ether oxygens (including phenoxy) is 1. The van der Waals surface area contributed by atoms with E-state index >= 15 is 0 Å². The molecule has 1 aromatic heterocycles. The minimum atomic E-state index is -0.112.